The van der Waals surface area contributed by atoms with Gasteiger partial charge in [-0.15, -0.1) is 0 Å². The fourth-order valence-corrected chi connectivity index (χ4v) is 1.68. The first-order valence-electron chi connectivity index (χ1n) is 4.44. The van der Waals surface area contributed by atoms with Crippen LogP contribution in [0.2, 0.25) is 0 Å². The molecule has 0 unspecified atom stereocenters. The van der Waals surface area contributed by atoms with E-state index in [1.807, 2.05) is 20.8 Å². The molecule has 0 aliphatic heterocycles. The Morgan fingerprint density at radius 1 is 1.29 bits per heavy atom. The van der Waals surface area contributed by atoms with Crippen LogP contribution >= 0.6 is 11.3 Å². The molecule has 0 aliphatic carbocycles. The summed E-state index contributed by atoms with van der Waals surface area (Å²) in [5.41, 5.74) is 0.832. The number of hydrogen-bond acceptors (Lipinski definition) is 5. The predicted octanol–water partition coefficient (Wildman–Crippen LogP) is 2.43. The molecule has 0 fully saturated rings. The molecule has 2 heterocycles. The van der Waals surface area contributed by atoms with E-state index in [4.69, 9.17) is 4.74 Å². The van der Waals surface area contributed by atoms with E-state index in [0.29, 0.717) is 6.01 Å². The van der Waals surface area contributed by atoms with Gasteiger partial charge in [0.2, 0.25) is 0 Å². The van der Waals surface area contributed by atoms with Crippen LogP contribution in [0.1, 0.15) is 18.9 Å². The highest BCUT2D eigenvalue weighted by Crippen LogP contribution is 2.19. The van der Waals surface area contributed by atoms with Gasteiger partial charge in [0, 0.05) is 0 Å². The SMILES string of the molecule is CC.COc1ncc2nc(C)sc2n1. The molecule has 0 N–H and O–H groups in total. The molecule has 0 amide bonds. The van der Waals surface area contributed by atoms with E-state index in [1.54, 1.807) is 13.3 Å². The summed E-state index contributed by atoms with van der Waals surface area (Å²) in [4.78, 5) is 13.2. The zero-order valence-corrected chi connectivity index (χ0v) is 9.55. The van der Waals surface area contributed by atoms with Crippen LogP contribution in [-0.4, -0.2) is 22.1 Å². The lowest BCUT2D eigenvalue weighted by Crippen LogP contribution is -1.89. The lowest BCUT2D eigenvalue weighted by molar-refractivity contribution is 0.382. The van der Waals surface area contributed by atoms with Crippen molar-refractivity contribution in [2.24, 2.45) is 0 Å². The zero-order valence-electron chi connectivity index (χ0n) is 8.74. The number of ether oxygens (including phenoxy) is 1. The smallest absolute Gasteiger partial charge is 0.317 e. The van der Waals surface area contributed by atoms with Crippen LogP contribution in [0.25, 0.3) is 10.3 Å². The molecule has 0 aromatic carbocycles. The van der Waals surface area contributed by atoms with E-state index in [1.165, 1.54) is 11.3 Å². The van der Waals surface area contributed by atoms with Crippen molar-refractivity contribution < 1.29 is 4.74 Å². The molecule has 2 rings (SSSR count). The van der Waals surface area contributed by atoms with E-state index in [2.05, 4.69) is 15.0 Å². The molecule has 5 heteroatoms. The molecular formula is C9H13N3OS. The summed E-state index contributed by atoms with van der Waals surface area (Å²) in [6.45, 7) is 5.94. The van der Waals surface area contributed by atoms with Gasteiger partial charge in [-0.2, -0.15) is 4.98 Å². The normalized spacial score (nSPS) is 9.43. The summed E-state index contributed by atoms with van der Waals surface area (Å²) in [5, 5.41) is 0.993. The van der Waals surface area contributed by atoms with Gasteiger partial charge in [-0.3, -0.25) is 0 Å². The Morgan fingerprint density at radius 2 is 2.00 bits per heavy atom. The summed E-state index contributed by atoms with van der Waals surface area (Å²) < 4.78 is 4.89. The van der Waals surface area contributed by atoms with Crippen LogP contribution in [0, 0.1) is 6.92 Å². The fraction of sp³-hybridized carbons (Fsp3) is 0.444. The first-order valence-corrected chi connectivity index (χ1v) is 5.25. The highest BCUT2D eigenvalue weighted by molar-refractivity contribution is 7.18. The molecule has 0 bridgehead atoms. The van der Waals surface area contributed by atoms with E-state index in [-0.39, 0.29) is 0 Å². The van der Waals surface area contributed by atoms with Gasteiger partial charge in [0.05, 0.1) is 18.3 Å². The monoisotopic (exact) mass is 211 g/mol. The minimum atomic E-state index is 0.395. The number of aryl methyl sites for hydroxylation is 1. The van der Waals surface area contributed by atoms with Gasteiger partial charge in [0.1, 0.15) is 5.52 Å². The zero-order chi connectivity index (χ0) is 10.6. The molecular weight excluding hydrogens is 198 g/mol. The molecule has 2 aromatic rings. The topological polar surface area (TPSA) is 47.9 Å². The van der Waals surface area contributed by atoms with Gasteiger partial charge in [-0.1, -0.05) is 25.2 Å². The minimum Gasteiger partial charge on any atom is -0.467 e. The van der Waals surface area contributed by atoms with E-state index in [9.17, 15) is 0 Å². The summed E-state index contributed by atoms with van der Waals surface area (Å²) in [6, 6.07) is 0.395. The second-order valence-corrected chi connectivity index (χ2v) is 3.46. The summed E-state index contributed by atoms with van der Waals surface area (Å²) in [6.07, 6.45) is 1.67. The van der Waals surface area contributed by atoms with E-state index in [0.717, 1.165) is 15.4 Å². The van der Waals surface area contributed by atoms with Crippen molar-refractivity contribution in [3.63, 3.8) is 0 Å². The number of thiazole rings is 1. The number of hydrogen-bond donors (Lipinski definition) is 0. The Bertz CT molecular complexity index is 413. The molecule has 2 aromatic heterocycles. The Morgan fingerprint density at radius 3 is 2.64 bits per heavy atom. The second-order valence-electron chi connectivity index (χ2n) is 2.28. The Kier molecular flexibility index (Phi) is 3.76. The van der Waals surface area contributed by atoms with Crippen molar-refractivity contribution in [1.29, 1.82) is 0 Å². The second kappa shape index (κ2) is 4.85. The summed E-state index contributed by atoms with van der Waals surface area (Å²) in [7, 11) is 1.55. The van der Waals surface area contributed by atoms with Crippen molar-refractivity contribution in [1.82, 2.24) is 15.0 Å². The van der Waals surface area contributed by atoms with Crippen molar-refractivity contribution >= 4 is 21.7 Å². The van der Waals surface area contributed by atoms with E-state index >= 15 is 0 Å². The minimum absolute atomic E-state index is 0.395. The van der Waals surface area contributed by atoms with Gasteiger partial charge >= 0.3 is 6.01 Å². The first-order chi connectivity index (χ1) is 6.79. The van der Waals surface area contributed by atoms with Crippen LogP contribution in [-0.2, 0) is 0 Å². The first kappa shape index (κ1) is 10.8. The molecule has 0 aliphatic rings. The van der Waals surface area contributed by atoms with E-state index < -0.39 is 0 Å². The highest BCUT2D eigenvalue weighted by atomic mass is 32.1. The number of rotatable bonds is 1. The van der Waals surface area contributed by atoms with Crippen LogP contribution in [0.5, 0.6) is 6.01 Å². The molecule has 0 saturated carbocycles. The van der Waals surface area contributed by atoms with Gasteiger partial charge < -0.3 is 4.74 Å². The van der Waals surface area contributed by atoms with Gasteiger partial charge in [0.15, 0.2) is 4.83 Å². The van der Waals surface area contributed by atoms with Crippen molar-refractivity contribution in [2.75, 3.05) is 7.11 Å². The predicted molar refractivity (Wildman–Crippen MR) is 57.8 cm³/mol. The van der Waals surface area contributed by atoms with Gasteiger partial charge in [0.25, 0.3) is 0 Å². The lowest BCUT2D eigenvalue weighted by atomic mass is 10.6. The lowest BCUT2D eigenvalue weighted by Gasteiger charge is -1.93. The standard InChI is InChI=1S/C7H7N3OS.C2H6/c1-4-9-5-3-8-7(11-2)10-6(5)12-4;1-2/h3H,1-2H3;1-2H3. The Balaban J connectivity index is 0.000000461. The van der Waals surface area contributed by atoms with Crippen LogP contribution in [0.15, 0.2) is 6.20 Å². The number of fused-ring (bicyclic) bond motifs is 1. The largest absolute Gasteiger partial charge is 0.467 e. The molecule has 76 valence electrons. The van der Waals surface area contributed by atoms with Crippen LogP contribution in [0.4, 0.5) is 0 Å². The average Bonchev–Trinajstić information content (AvgIpc) is 2.59. The molecule has 4 nitrogen and oxygen atoms in total. The fourth-order valence-electron chi connectivity index (χ4n) is 0.927. The molecule has 0 radical (unpaired) electrons. The quantitative estimate of drug-likeness (QED) is 0.726. The Labute approximate surface area is 87.0 Å². The molecule has 0 saturated heterocycles. The third-order valence-electron chi connectivity index (χ3n) is 1.42. The molecule has 0 spiro atoms. The van der Waals surface area contributed by atoms with Crippen molar-refractivity contribution in [3.05, 3.63) is 11.2 Å². The third-order valence-corrected chi connectivity index (χ3v) is 2.30. The maximum absolute atomic E-state index is 4.89. The van der Waals surface area contributed by atoms with Crippen LogP contribution < -0.4 is 4.74 Å². The maximum atomic E-state index is 4.89. The number of nitrogens with zero attached hydrogens (tertiary/aromatic N) is 3. The number of methoxy groups -OCH3 is 1. The van der Waals surface area contributed by atoms with Gasteiger partial charge in [-0.25, -0.2) is 9.97 Å². The third kappa shape index (κ3) is 2.17. The van der Waals surface area contributed by atoms with Crippen molar-refractivity contribution in [3.8, 4) is 6.01 Å². The average molecular weight is 211 g/mol. The summed E-state index contributed by atoms with van der Waals surface area (Å²) >= 11 is 1.54. The maximum Gasteiger partial charge on any atom is 0.317 e. The molecule has 14 heavy (non-hydrogen) atoms. The number of aromatic nitrogens is 3. The van der Waals surface area contributed by atoms with Crippen molar-refractivity contribution in [2.45, 2.75) is 20.8 Å². The summed E-state index contributed by atoms with van der Waals surface area (Å²) in [5.74, 6) is 0. The van der Waals surface area contributed by atoms with Crippen LogP contribution in [0.3, 0.4) is 0 Å². The molecule has 0 atom stereocenters. The van der Waals surface area contributed by atoms with Gasteiger partial charge in [-0.05, 0) is 6.92 Å². The highest BCUT2D eigenvalue weighted by Gasteiger charge is 2.03. The Hall–Kier alpha value is -1.23.